The molecule has 3 heteroatoms. The number of rotatable bonds is 2. The van der Waals surface area contributed by atoms with Crippen LogP contribution in [0.25, 0.3) is 0 Å². The number of carbonyl (C=O) groups excluding carboxylic acids is 1. The highest BCUT2D eigenvalue weighted by Crippen LogP contribution is 2.61. The predicted octanol–water partition coefficient (Wildman–Crippen LogP) is 4.82. The van der Waals surface area contributed by atoms with Gasteiger partial charge in [0.1, 0.15) is 5.41 Å². The lowest BCUT2D eigenvalue weighted by atomic mass is 9.52. The number of anilines is 1. The summed E-state index contributed by atoms with van der Waals surface area (Å²) in [6, 6.07) is 28.3. The monoisotopic (exact) mass is 350 g/mol. The van der Waals surface area contributed by atoms with E-state index in [1.54, 1.807) is 0 Å². The van der Waals surface area contributed by atoms with Gasteiger partial charge in [-0.25, -0.2) is 0 Å². The fraction of sp³-hybridized carbons (Fsp3) is 0.167. The SMILES string of the molecule is N#C[C@@]1(C(=O)Nc2ccccc2)CC2c3ccccc3C1c1ccccc12. The number of nitrogens with zero attached hydrogens (tertiary/aromatic N) is 1. The Morgan fingerprint density at radius 1 is 0.852 bits per heavy atom. The maximum atomic E-state index is 13.4. The fourth-order valence-electron chi connectivity index (χ4n) is 4.86. The van der Waals surface area contributed by atoms with Gasteiger partial charge in [-0.15, -0.1) is 0 Å². The van der Waals surface area contributed by atoms with Crippen LogP contribution in [-0.2, 0) is 4.79 Å². The molecule has 2 bridgehead atoms. The van der Waals surface area contributed by atoms with Crippen molar-refractivity contribution >= 4 is 11.6 Å². The zero-order valence-electron chi connectivity index (χ0n) is 14.7. The second-order valence-corrected chi connectivity index (χ2v) is 7.35. The molecule has 1 amide bonds. The number of nitrogens with one attached hydrogen (secondary N) is 1. The Labute approximate surface area is 158 Å². The third-order valence-corrected chi connectivity index (χ3v) is 6.02. The van der Waals surface area contributed by atoms with E-state index in [4.69, 9.17) is 0 Å². The van der Waals surface area contributed by atoms with Crippen LogP contribution in [0.5, 0.6) is 0 Å². The molecule has 1 atom stereocenters. The van der Waals surface area contributed by atoms with Crippen LogP contribution in [0.3, 0.4) is 0 Å². The van der Waals surface area contributed by atoms with Crippen molar-refractivity contribution in [2.24, 2.45) is 5.41 Å². The molecule has 3 aliphatic carbocycles. The molecule has 3 aliphatic rings. The second kappa shape index (κ2) is 5.82. The lowest BCUT2D eigenvalue weighted by Crippen LogP contribution is -2.48. The van der Waals surface area contributed by atoms with Crippen LogP contribution < -0.4 is 5.32 Å². The van der Waals surface area contributed by atoms with Crippen LogP contribution in [0.1, 0.15) is 40.5 Å². The number of fused-ring (bicyclic) bond motifs is 1. The molecular formula is C24H18N2O. The van der Waals surface area contributed by atoms with E-state index in [2.05, 4.69) is 35.7 Å². The molecular weight excluding hydrogens is 332 g/mol. The lowest BCUT2D eigenvalue weighted by Gasteiger charge is -2.48. The summed E-state index contributed by atoms with van der Waals surface area (Å²) in [5, 5.41) is 13.2. The molecule has 3 aromatic rings. The topological polar surface area (TPSA) is 52.9 Å². The van der Waals surface area contributed by atoms with Gasteiger partial charge in [-0.3, -0.25) is 4.79 Å². The zero-order chi connectivity index (χ0) is 18.4. The van der Waals surface area contributed by atoms with Gasteiger partial charge >= 0.3 is 0 Å². The van der Waals surface area contributed by atoms with Gasteiger partial charge in [0.05, 0.1) is 6.07 Å². The average Bonchev–Trinajstić information content (AvgIpc) is 2.74. The van der Waals surface area contributed by atoms with Crippen molar-refractivity contribution in [1.29, 1.82) is 5.26 Å². The summed E-state index contributed by atoms with van der Waals surface area (Å²) in [4.78, 5) is 13.4. The van der Waals surface area contributed by atoms with Crippen molar-refractivity contribution in [3.8, 4) is 6.07 Å². The molecule has 0 saturated heterocycles. The van der Waals surface area contributed by atoms with Crippen molar-refractivity contribution < 1.29 is 4.79 Å². The molecule has 1 N–H and O–H groups in total. The van der Waals surface area contributed by atoms with Crippen LogP contribution in [0.15, 0.2) is 78.9 Å². The highest BCUT2D eigenvalue weighted by atomic mass is 16.2. The summed E-state index contributed by atoms with van der Waals surface area (Å²) in [6.07, 6.45) is 0.515. The van der Waals surface area contributed by atoms with Crippen molar-refractivity contribution in [2.45, 2.75) is 18.3 Å². The summed E-state index contributed by atoms with van der Waals surface area (Å²) >= 11 is 0. The Balaban J connectivity index is 1.67. The molecule has 0 radical (unpaired) electrons. The van der Waals surface area contributed by atoms with Gasteiger partial charge in [-0.1, -0.05) is 66.7 Å². The van der Waals surface area contributed by atoms with Crippen molar-refractivity contribution in [3.05, 3.63) is 101 Å². The van der Waals surface area contributed by atoms with E-state index < -0.39 is 5.41 Å². The van der Waals surface area contributed by atoms with E-state index in [0.29, 0.717) is 6.42 Å². The van der Waals surface area contributed by atoms with Crippen LogP contribution >= 0.6 is 0 Å². The first-order valence-electron chi connectivity index (χ1n) is 9.20. The number of para-hydroxylation sites is 1. The number of hydrogen-bond donors (Lipinski definition) is 1. The van der Waals surface area contributed by atoms with E-state index in [-0.39, 0.29) is 17.7 Å². The summed E-state index contributed by atoms with van der Waals surface area (Å²) in [5.41, 5.74) is 4.33. The smallest absolute Gasteiger partial charge is 0.245 e. The summed E-state index contributed by atoms with van der Waals surface area (Å²) in [6.45, 7) is 0. The van der Waals surface area contributed by atoms with E-state index in [1.807, 2.05) is 54.6 Å². The summed E-state index contributed by atoms with van der Waals surface area (Å²) in [5.74, 6) is -0.387. The summed E-state index contributed by atoms with van der Waals surface area (Å²) < 4.78 is 0. The molecule has 0 unspecified atom stereocenters. The van der Waals surface area contributed by atoms with Gasteiger partial charge in [0.2, 0.25) is 5.91 Å². The second-order valence-electron chi connectivity index (χ2n) is 7.35. The molecule has 3 nitrogen and oxygen atoms in total. The molecule has 130 valence electrons. The minimum Gasteiger partial charge on any atom is -0.325 e. The van der Waals surface area contributed by atoms with E-state index in [1.165, 1.54) is 11.1 Å². The third-order valence-electron chi connectivity index (χ3n) is 6.02. The minimum atomic E-state index is -1.11. The van der Waals surface area contributed by atoms with E-state index >= 15 is 0 Å². The highest BCUT2D eigenvalue weighted by molar-refractivity contribution is 5.99. The fourth-order valence-corrected chi connectivity index (χ4v) is 4.86. The number of hydrogen-bond acceptors (Lipinski definition) is 2. The number of nitriles is 1. The average molecular weight is 350 g/mol. The Morgan fingerprint density at radius 3 is 1.93 bits per heavy atom. The first kappa shape index (κ1) is 15.8. The molecule has 0 aliphatic heterocycles. The van der Waals surface area contributed by atoms with Crippen LogP contribution in [-0.4, -0.2) is 5.91 Å². The van der Waals surface area contributed by atoms with Gasteiger partial charge in [0.15, 0.2) is 0 Å². The highest BCUT2D eigenvalue weighted by Gasteiger charge is 2.57. The Kier molecular flexibility index (Phi) is 3.42. The maximum absolute atomic E-state index is 13.4. The standard InChI is InChI=1S/C24H18N2O/c25-15-24(23(27)26-16-8-2-1-3-9-16)14-21-17-10-4-6-12-19(17)22(24)20-13-7-5-11-18(20)21/h1-13,21-22H,14H2,(H,26,27)/t21?,22?,24-/m0/s1. The van der Waals surface area contributed by atoms with Crippen LogP contribution in [0.2, 0.25) is 0 Å². The van der Waals surface area contributed by atoms with Gasteiger partial charge in [-0.2, -0.15) is 5.26 Å². The minimum absolute atomic E-state index is 0.0728. The number of carbonyl (C=O) groups is 1. The van der Waals surface area contributed by atoms with Gasteiger partial charge in [0, 0.05) is 17.5 Å². The molecule has 0 heterocycles. The predicted molar refractivity (Wildman–Crippen MR) is 104 cm³/mol. The van der Waals surface area contributed by atoms with Gasteiger partial charge in [0.25, 0.3) is 0 Å². The molecule has 0 spiro atoms. The Bertz CT molecular complexity index is 1040. The molecule has 0 aromatic heterocycles. The number of amides is 1. The van der Waals surface area contributed by atoms with Crippen LogP contribution in [0, 0.1) is 16.7 Å². The molecule has 3 aromatic carbocycles. The normalized spacial score (nSPS) is 24.4. The van der Waals surface area contributed by atoms with Crippen molar-refractivity contribution in [1.82, 2.24) is 0 Å². The Morgan fingerprint density at radius 2 is 1.37 bits per heavy atom. The van der Waals surface area contributed by atoms with Gasteiger partial charge < -0.3 is 5.32 Å². The first-order valence-corrected chi connectivity index (χ1v) is 9.20. The maximum Gasteiger partial charge on any atom is 0.245 e. The lowest BCUT2D eigenvalue weighted by molar-refractivity contribution is -0.124. The quantitative estimate of drug-likeness (QED) is 0.721. The third kappa shape index (κ3) is 2.17. The van der Waals surface area contributed by atoms with E-state index in [0.717, 1.165) is 16.8 Å². The molecule has 6 rings (SSSR count). The summed E-state index contributed by atoms with van der Waals surface area (Å²) in [7, 11) is 0. The van der Waals surface area contributed by atoms with Crippen molar-refractivity contribution in [2.75, 3.05) is 5.32 Å². The number of benzene rings is 3. The molecule has 0 saturated carbocycles. The molecule has 27 heavy (non-hydrogen) atoms. The van der Waals surface area contributed by atoms with Crippen LogP contribution in [0.4, 0.5) is 5.69 Å². The molecule has 0 fully saturated rings. The van der Waals surface area contributed by atoms with Gasteiger partial charge in [-0.05, 0) is 40.8 Å². The Hall–Kier alpha value is -3.38. The van der Waals surface area contributed by atoms with E-state index in [9.17, 15) is 10.1 Å². The zero-order valence-corrected chi connectivity index (χ0v) is 14.7. The first-order chi connectivity index (χ1) is 13.2. The largest absolute Gasteiger partial charge is 0.325 e. The van der Waals surface area contributed by atoms with Crippen molar-refractivity contribution in [3.63, 3.8) is 0 Å².